The zero-order valence-corrected chi connectivity index (χ0v) is 14.4. The van der Waals surface area contributed by atoms with Gasteiger partial charge in [0.25, 0.3) is 0 Å². The molecule has 0 fully saturated rings. The summed E-state index contributed by atoms with van der Waals surface area (Å²) in [5.41, 5.74) is 2.02. The lowest BCUT2D eigenvalue weighted by Gasteiger charge is -2.00. The normalized spacial score (nSPS) is 11.0. The summed E-state index contributed by atoms with van der Waals surface area (Å²) >= 11 is 3.17. The number of thioether (sulfide) groups is 1. The molecule has 0 aliphatic rings. The molecule has 1 aromatic carbocycles. The van der Waals surface area contributed by atoms with E-state index in [0.717, 1.165) is 22.1 Å². The van der Waals surface area contributed by atoms with Crippen molar-refractivity contribution in [3.8, 4) is 22.8 Å². The van der Waals surface area contributed by atoms with Crippen molar-refractivity contribution >= 4 is 23.1 Å². The molecule has 0 N–H and O–H groups in total. The van der Waals surface area contributed by atoms with Crippen molar-refractivity contribution in [2.45, 2.75) is 10.9 Å². The highest BCUT2D eigenvalue weighted by molar-refractivity contribution is 7.98. The molecule has 0 saturated heterocycles. The minimum Gasteiger partial charge on any atom is -0.338 e. The van der Waals surface area contributed by atoms with Gasteiger partial charge in [0.15, 0.2) is 11.0 Å². The molecule has 0 spiro atoms. The molecule has 0 atom stereocenters. The van der Waals surface area contributed by atoms with Gasteiger partial charge in [-0.25, -0.2) is 0 Å². The van der Waals surface area contributed by atoms with Crippen molar-refractivity contribution in [2.24, 2.45) is 7.05 Å². The van der Waals surface area contributed by atoms with Gasteiger partial charge in [-0.3, -0.25) is 0 Å². The number of thiophene rings is 1. The van der Waals surface area contributed by atoms with Crippen LogP contribution in [0.4, 0.5) is 0 Å². The van der Waals surface area contributed by atoms with Crippen LogP contribution >= 0.6 is 23.1 Å². The standard InChI is InChI=1S/C16H13N5OS2/c1-21-15(12-7-8-23-9-12)18-19-16(21)24-10-13-17-14(20-22-13)11-5-3-2-4-6-11/h2-9H,10H2,1H3. The van der Waals surface area contributed by atoms with Crippen LogP contribution in [0.15, 0.2) is 56.8 Å². The Kier molecular flexibility index (Phi) is 4.14. The Morgan fingerprint density at radius 3 is 2.79 bits per heavy atom. The summed E-state index contributed by atoms with van der Waals surface area (Å²) in [5.74, 6) is 2.58. The first-order chi connectivity index (χ1) is 11.8. The maximum Gasteiger partial charge on any atom is 0.237 e. The monoisotopic (exact) mass is 355 g/mol. The Bertz CT molecular complexity index is 931. The molecule has 0 aliphatic carbocycles. The Labute approximate surface area is 146 Å². The van der Waals surface area contributed by atoms with Gasteiger partial charge in [-0.2, -0.15) is 16.3 Å². The summed E-state index contributed by atoms with van der Waals surface area (Å²) < 4.78 is 7.30. The van der Waals surface area contributed by atoms with Crippen molar-refractivity contribution in [3.63, 3.8) is 0 Å². The average molecular weight is 355 g/mol. The summed E-state index contributed by atoms with van der Waals surface area (Å²) in [6.07, 6.45) is 0. The van der Waals surface area contributed by atoms with E-state index in [1.165, 1.54) is 11.8 Å². The van der Waals surface area contributed by atoms with Gasteiger partial charge in [-0.1, -0.05) is 47.3 Å². The number of benzene rings is 1. The van der Waals surface area contributed by atoms with Crippen LogP contribution < -0.4 is 0 Å². The van der Waals surface area contributed by atoms with E-state index in [2.05, 4.69) is 25.7 Å². The van der Waals surface area contributed by atoms with E-state index in [4.69, 9.17) is 4.52 Å². The van der Waals surface area contributed by atoms with Crippen molar-refractivity contribution in [3.05, 3.63) is 53.0 Å². The number of hydrogen-bond donors (Lipinski definition) is 0. The fourth-order valence-electron chi connectivity index (χ4n) is 2.23. The molecule has 4 aromatic rings. The molecule has 24 heavy (non-hydrogen) atoms. The summed E-state index contributed by atoms with van der Waals surface area (Å²) in [7, 11) is 1.96. The molecule has 0 bridgehead atoms. The van der Waals surface area contributed by atoms with E-state index in [1.54, 1.807) is 11.3 Å². The van der Waals surface area contributed by atoms with E-state index >= 15 is 0 Å². The Hall–Kier alpha value is -2.45. The van der Waals surface area contributed by atoms with Crippen LogP contribution in [-0.4, -0.2) is 24.9 Å². The molecule has 0 aliphatic heterocycles. The van der Waals surface area contributed by atoms with E-state index in [0.29, 0.717) is 17.5 Å². The molecule has 0 saturated carbocycles. The molecule has 4 rings (SSSR count). The molecular formula is C16H13N5OS2. The van der Waals surface area contributed by atoms with Crippen LogP contribution in [-0.2, 0) is 12.8 Å². The molecule has 8 heteroatoms. The van der Waals surface area contributed by atoms with Gasteiger partial charge < -0.3 is 9.09 Å². The minimum atomic E-state index is 0.551. The van der Waals surface area contributed by atoms with Crippen LogP contribution in [0.3, 0.4) is 0 Å². The molecule has 3 aromatic heterocycles. The molecule has 0 unspecified atom stereocenters. The lowest BCUT2D eigenvalue weighted by atomic mass is 10.2. The lowest BCUT2D eigenvalue weighted by molar-refractivity contribution is 0.391. The fourth-order valence-corrected chi connectivity index (χ4v) is 3.61. The van der Waals surface area contributed by atoms with Crippen molar-refractivity contribution in [2.75, 3.05) is 0 Å². The van der Waals surface area contributed by atoms with Crippen LogP contribution in [0.1, 0.15) is 5.89 Å². The first-order valence-electron chi connectivity index (χ1n) is 7.24. The van der Waals surface area contributed by atoms with Gasteiger partial charge in [0.1, 0.15) is 0 Å². The van der Waals surface area contributed by atoms with Crippen molar-refractivity contribution < 1.29 is 4.52 Å². The Balaban J connectivity index is 1.47. The van der Waals surface area contributed by atoms with Gasteiger partial charge in [0.2, 0.25) is 11.7 Å². The number of hydrogen-bond acceptors (Lipinski definition) is 7. The topological polar surface area (TPSA) is 69.6 Å². The van der Waals surface area contributed by atoms with Gasteiger partial charge in [-0.15, -0.1) is 10.2 Å². The second kappa shape index (κ2) is 6.58. The molecule has 120 valence electrons. The third-order valence-electron chi connectivity index (χ3n) is 3.44. The third-order valence-corrected chi connectivity index (χ3v) is 5.13. The highest BCUT2D eigenvalue weighted by Crippen LogP contribution is 2.26. The molecule has 0 amide bonds. The summed E-state index contributed by atoms with van der Waals surface area (Å²) in [6.45, 7) is 0. The number of aromatic nitrogens is 5. The van der Waals surface area contributed by atoms with Gasteiger partial charge in [-0.05, 0) is 11.4 Å². The maximum absolute atomic E-state index is 5.32. The van der Waals surface area contributed by atoms with E-state index < -0.39 is 0 Å². The van der Waals surface area contributed by atoms with E-state index in [9.17, 15) is 0 Å². The highest BCUT2D eigenvalue weighted by Gasteiger charge is 2.14. The van der Waals surface area contributed by atoms with Gasteiger partial charge >= 0.3 is 0 Å². The quantitative estimate of drug-likeness (QED) is 0.506. The average Bonchev–Trinajstić information content (AvgIpc) is 3.35. The van der Waals surface area contributed by atoms with Crippen molar-refractivity contribution in [1.29, 1.82) is 0 Å². The second-order valence-electron chi connectivity index (χ2n) is 5.04. The summed E-state index contributed by atoms with van der Waals surface area (Å²) in [5, 5.41) is 17.4. The van der Waals surface area contributed by atoms with Crippen LogP contribution in [0.5, 0.6) is 0 Å². The predicted molar refractivity (Wildman–Crippen MR) is 93.6 cm³/mol. The molecular weight excluding hydrogens is 342 g/mol. The van der Waals surface area contributed by atoms with Crippen LogP contribution in [0.2, 0.25) is 0 Å². The minimum absolute atomic E-state index is 0.551. The highest BCUT2D eigenvalue weighted by atomic mass is 32.2. The van der Waals surface area contributed by atoms with Crippen molar-refractivity contribution in [1.82, 2.24) is 24.9 Å². The zero-order valence-electron chi connectivity index (χ0n) is 12.8. The largest absolute Gasteiger partial charge is 0.338 e. The van der Waals surface area contributed by atoms with E-state index in [-0.39, 0.29) is 0 Å². The first kappa shape index (κ1) is 15.1. The maximum atomic E-state index is 5.32. The second-order valence-corrected chi connectivity index (χ2v) is 6.77. The Morgan fingerprint density at radius 1 is 1.12 bits per heavy atom. The molecule has 3 heterocycles. The summed E-state index contributed by atoms with van der Waals surface area (Å²) in [6, 6.07) is 11.8. The van der Waals surface area contributed by atoms with Crippen LogP contribution in [0, 0.1) is 0 Å². The van der Waals surface area contributed by atoms with Crippen LogP contribution in [0.25, 0.3) is 22.8 Å². The van der Waals surface area contributed by atoms with Gasteiger partial charge in [0.05, 0.1) is 5.75 Å². The summed E-state index contributed by atoms with van der Waals surface area (Å²) in [4.78, 5) is 4.43. The van der Waals surface area contributed by atoms with Gasteiger partial charge in [0, 0.05) is 23.6 Å². The van der Waals surface area contributed by atoms with E-state index in [1.807, 2.05) is 53.4 Å². The SMILES string of the molecule is Cn1c(SCc2nc(-c3ccccc3)no2)nnc1-c1ccsc1. The molecule has 6 nitrogen and oxygen atoms in total. The smallest absolute Gasteiger partial charge is 0.237 e. The fraction of sp³-hybridized carbons (Fsp3) is 0.125. The predicted octanol–water partition coefficient (Wildman–Crippen LogP) is 3.89. The Morgan fingerprint density at radius 2 is 2.00 bits per heavy atom. The molecule has 0 radical (unpaired) electrons. The third kappa shape index (κ3) is 2.98. The number of nitrogens with zero attached hydrogens (tertiary/aromatic N) is 5. The zero-order chi connectivity index (χ0) is 16.4. The first-order valence-corrected chi connectivity index (χ1v) is 9.17. The number of rotatable bonds is 5. The lowest BCUT2D eigenvalue weighted by Crippen LogP contribution is -1.94.